The molecule has 138 valence electrons. The lowest BCUT2D eigenvalue weighted by atomic mass is 10.0. The molecule has 1 spiro atoms. The second-order valence-corrected chi connectivity index (χ2v) is 8.82. The lowest BCUT2D eigenvalue weighted by molar-refractivity contribution is 0.0525. The van der Waals surface area contributed by atoms with Crippen LogP contribution in [-0.4, -0.2) is 61.0 Å². The third-order valence-electron chi connectivity index (χ3n) is 4.82. The zero-order chi connectivity index (χ0) is 18.5. The number of carbonyl (C=O) groups is 1. The van der Waals surface area contributed by atoms with Crippen molar-refractivity contribution in [2.24, 2.45) is 0 Å². The fraction of sp³-hybridized carbons (Fsp3) is 0.412. The Morgan fingerprint density at radius 1 is 1.27 bits per heavy atom. The zero-order valence-corrected chi connectivity index (χ0v) is 15.3. The number of para-hydroxylation sites is 1. The van der Waals surface area contributed by atoms with Gasteiger partial charge in [0.05, 0.1) is 18.8 Å². The predicted octanol–water partition coefficient (Wildman–Crippen LogP) is 1.28. The molecular weight excluding hydrogens is 358 g/mol. The molecule has 1 atom stereocenters. The van der Waals surface area contributed by atoms with Gasteiger partial charge in [-0.2, -0.15) is 4.31 Å². The van der Waals surface area contributed by atoms with Crippen molar-refractivity contribution in [1.29, 1.82) is 0 Å². The van der Waals surface area contributed by atoms with Gasteiger partial charge in [-0.15, -0.1) is 0 Å². The number of hydrogen-bond acceptors (Lipinski definition) is 6. The molecule has 2 aromatic rings. The maximum Gasteiger partial charge on any atom is 0.292 e. The maximum absolute atomic E-state index is 12.7. The number of rotatable bonds is 1. The molecule has 0 unspecified atom stereocenters. The highest BCUT2D eigenvalue weighted by Crippen LogP contribution is 2.38. The molecule has 26 heavy (non-hydrogen) atoms. The van der Waals surface area contributed by atoms with E-state index in [4.69, 9.17) is 9.26 Å². The van der Waals surface area contributed by atoms with Crippen LogP contribution in [0.25, 0.3) is 0 Å². The van der Waals surface area contributed by atoms with Gasteiger partial charge in [0, 0.05) is 26.1 Å². The fourth-order valence-electron chi connectivity index (χ4n) is 3.52. The van der Waals surface area contributed by atoms with E-state index in [0.29, 0.717) is 24.4 Å². The smallest absolute Gasteiger partial charge is 0.292 e. The van der Waals surface area contributed by atoms with Gasteiger partial charge in [0.15, 0.2) is 0 Å². The van der Waals surface area contributed by atoms with Crippen LogP contribution in [0.15, 0.2) is 39.8 Å². The molecule has 9 heteroatoms. The summed E-state index contributed by atoms with van der Waals surface area (Å²) >= 11 is 0. The van der Waals surface area contributed by atoms with Crippen molar-refractivity contribution in [2.45, 2.75) is 23.8 Å². The van der Waals surface area contributed by atoms with Gasteiger partial charge >= 0.3 is 0 Å². The Bertz CT molecular complexity index is 970. The summed E-state index contributed by atoms with van der Waals surface area (Å²) in [6.07, 6.45) is 0.528. The van der Waals surface area contributed by atoms with E-state index in [9.17, 15) is 13.2 Å². The number of likely N-dealkylation sites (N-methyl/N-ethyl adjacent to an activating group) is 1. The standard InChI is InChI=1S/C17H19N3O5S/c1-12-9-14(25-18-12)16(21)20-8-7-17(11-20)10-19(2)26(22,23)15-6-4-3-5-13(15)24-17/h3-6,9H,7-8,10-11H2,1-2H3/t17-/m0/s1. The van der Waals surface area contributed by atoms with Crippen molar-refractivity contribution < 1.29 is 22.5 Å². The normalized spacial score (nSPS) is 24.9. The number of fused-ring (bicyclic) bond motifs is 1. The first-order valence-corrected chi connectivity index (χ1v) is 9.72. The van der Waals surface area contributed by atoms with Gasteiger partial charge in [0.25, 0.3) is 5.91 Å². The Labute approximate surface area is 151 Å². The van der Waals surface area contributed by atoms with Gasteiger partial charge in [-0.3, -0.25) is 4.79 Å². The summed E-state index contributed by atoms with van der Waals surface area (Å²) in [6, 6.07) is 8.19. The predicted molar refractivity (Wildman–Crippen MR) is 91.4 cm³/mol. The van der Waals surface area contributed by atoms with Crippen LogP contribution in [0.3, 0.4) is 0 Å². The number of nitrogens with zero attached hydrogens (tertiary/aromatic N) is 3. The number of aryl methyl sites for hydroxylation is 1. The van der Waals surface area contributed by atoms with Gasteiger partial charge < -0.3 is 14.2 Å². The summed E-state index contributed by atoms with van der Waals surface area (Å²) < 4.78 is 38.0. The highest BCUT2D eigenvalue weighted by Gasteiger charge is 2.48. The first-order chi connectivity index (χ1) is 12.3. The maximum atomic E-state index is 12.7. The number of hydrogen-bond donors (Lipinski definition) is 0. The summed E-state index contributed by atoms with van der Waals surface area (Å²) in [5, 5.41) is 3.75. The van der Waals surface area contributed by atoms with Gasteiger partial charge in [-0.1, -0.05) is 17.3 Å². The third-order valence-corrected chi connectivity index (χ3v) is 6.66. The molecule has 0 saturated carbocycles. The second kappa shape index (κ2) is 5.82. The number of likely N-dealkylation sites (tertiary alicyclic amines) is 1. The van der Waals surface area contributed by atoms with Crippen molar-refractivity contribution in [1.82, 2.24) is 14.4 Å². The van der Waals surface area contributed by atoms with E-state index < -0.39 is 15.6 Å². The molecule has 1 aromatic heterocycles. The molecule has 2 aliphatic heterocycles. The molecule has 3 heterocycles. The van der Waals surface area contributed by atoms with Crippen molar-refractivity contribution in [2.75, 3.05) is 26.7 Å². The van der Waals surface area contributed by atoms with Crippen LogP contribution >= 0.6 is 0 Å². The Morgan fingerprint density at radius 2 is 2.04 bits per heavy atom. The van der Waals surface area contributed by atoms with Crippen LogP contribution in [0.4, 0.5) is 0 Å². The number of ether oxygens (including phenoxy) is 1. The number of sulfonamides is 1. The van der Waals surface area contributed by atoms with E-state index in [2.05, 4.69) is 5.16 Å². The van der Waals surface area contributed by atoms with E-state index in [1.807, 2.05) is 0 Å². The molecule has 1 aromatic carbocycles. The highest BCUT2D eigenvalue weighted by molar-refractivity contribution is 7.89. The average molecular weight is 377 g/mol. The summed E-state index contributed by atoms with van der Waals surface area (Å²) in [7, 11) is -2.10. The molecule has 0 bridgehead atoms. The quantitative estimate of drug-likeness (QED) is 0.743. The van der Waals surface area contributed by atoms with Gasteiger partial charge in [-0.25, -0.2) is 8.42 Å². The topological polar surface area (TPSA) is 93.0 Å². The van der Waals surface area contributed by atoms with Gasteiger partial charge in [0.2, 0.25) is 15.8 Å². The molecule has 2 aliphatic rings. The SMILES string of the molecule is Cc1cc(C(=O)N2CC[C@@]3(C2)CN(C)S(=O)(=O)c2ccccc2O3)on1. The van der Waals surface area contributed by atoms with Crippen molar-refractivity contribution >= 4 is 15.9 Å². The lowest BCUT2D eigenvalue weighted by Gasteiger charge is -2.30. The first-order valence-electron chi connectivity index (χ1n) is 8.28. The molecular formula is C17H19N3O5S. The molecule has 8 nitrogen and oxygen atoms in total. The Kier molecular flexibility index (Phi) is 3.81. The molecule has 1 fully saturated rings. The zero-order valence-electron chi connectivity index (χ0n) is 14.5. The second-order valence-electron chi connectivity index (χ2n) is 6.80. The van der Waals surface area contributed by atoms with E-state index in [-0.39, 0.29) is 29.7 Å². The van der Waals surface area contributed by atoms with E-state index >= 15 is 0 Å². The number of amides is 1. The minimum absolute atomic E-state index is 0.148. The van der Waals surface area contributed by atoms with E-state index in [1.54, 1.807) is 36.1 Å². The summed E-state index contributed by atoms with van der Waals surface area (Å²) in [5.74, 6) is 0.227. The number of carbonyl (C=O) groups excluding carboxylic acids is 1. The van der Waals surface area contributed by atoms with Crippen LogP contribution in [0, 0.1) is 6.92 Å². The van der Waals surface area contributed by atoms with Crippen LogP contribution in [0.1, 0.15) is 22.7 Å². The van der Waals surface area contributed by atoms with Gasteiger partial charge in [0.1, 0.15) is 16.2 Å². The van der Waals surface area contributed by atoms with E-state index in [1.165, 1.54) is 17.4 Å². The summed E-state index contributed by atoms with van der Waals surface area (Å²) in [5.41, 5.74) is -0.160. The highest BCUT2D eigenvalue weighted by atomic mass is 32.2. The molecule has 0 aliphatic carbocycles. The lowest BCUT2D eigenvalue weighted by Crippen LogP contribution is -2.48. The summed E-state index contributed by atoms with van der Waals surface area (Å²) in [4.78, 5) is 14.4. The van der Waals surface area contributed by atoms with E-state index in [0.717, 1.165) is 0 Å². The van der Waals surface area contributed by atoms with Crippen molar-refractivity contribution in [3.8, 4) is 5.75 Å². The molecule has 4 rings (SSSR count). The van der Waals surface area contributed by atoms with Crippen molar-refractivity contribution in [3.63, 3.8) is 0 Å². The third kappa shape index (κ3) is 2.67. The monoisotopic (exact) mass is 377 g/mol. The number of benzene rings is 1. The Morgan fingerprint density at radius 3 is 2.77 bits per heavy atom. The van der Waals surface area contributed by atoms with Gasteiger partial charge in [-0.05, 0) is 19.1 Å². The Balaban J connectivity index is 1.65. The van der Waals surface area contributed by atoms with Crippen LogP contribution in [0.5, 0.6) is 5.75 Å². The molecule has 0 N–H and O–H groups in total. The first kappa shape index (κ1) is 17.0. The fourth-order valence-corrected chi connectivity index (χ4v) is 4.88. The van der Waals surface area contributed by atoms with Crippen LogP contribution in [0.2, 0.25) is 0 Å². The van der Waals surface area contributed by atoms with Crippen molar-refractivity contribution in [3.05, 3.63) is 41.8 Å². The minimum Gasteiger partial charge on any atom is -0.483 e. The minimum atomic E-state index is -3.63. The molecule has 1 saturated heterocycles. The molecule has 0 radical (unpaired) electrons. The van der Waals surface area contributed by atoms with Crippen LogP contribution < -0.4 is 4.74 Å². The molecule has 1 amide bonds. The largest absolute Gasteiger partial charge is 0.483 e. The average Bonchev–Trinajstić information content (AvgIpc) is 3.19. The van der Waals surface area contributed by atoms with Crippen LogP contribution in [-0.2, 0) is 10.0 Å². The summed E-state index contributed by atoms with van der Waals surface area (Å²) in [6.45, 7) is 2.65. The Hall–Kier alpha value is -2.39. The number of aromatic nitrogens is 1.